The summed E-state index contributed by atoms with van der Waals surface area (Å²) < 4.78 is 28.1. The third-order valence-electron chi connectivity index (χ3n) is 2.01. The van der Waals surface area contributed by atoms with Crippen molar-refractivity contribution in [3.63, 3.8) is 0 Å². The molecule has 1 aromatic carbocycles. The molecule has 1 aromatic rings. The van der Waals surface area contributed by atoms with Crippen LogP contribution in [0.1, 0.15) is 18.1 Å². The molecular formula is C11H13ClF2O2. The molecule has 0 aromatic heterocycles. The number of alkyl halides is 2. The number of hydrogen-bond donors (Lipinski definition) is 1. The number of aliphatic hydroxyl groups excluding tert-OH is 1. The van der Waals surface area contributed by atoms with Gasteiger partial charge in [0.15, 0.2) is 0 Å². The molecule has 0 bridgehead atoms. The minimum absolute atomic E-state index is 0.0953. The Kier molecular flexibility index (Phi) is 5.66. The molecule has 0 fully saturated rings. The summed E-state index contributed by atoms with van der Waals surface area (Å²) in [5.41, 5.74) is 0.660. The second-order valence-electron chi connectivity index (χ2n) is 3.33. The molecule has 0 saturated carbocycles. The van der Waals surface area contributed by atoms with E-state index in [1.54, 1.807) is 24.3 Å². The highest BCUT2D eigenvalue weighted by Gasteiger charge is 2.08. The molecule has 1 rings (SSSR count). The van der Waals surface area contributed by atoms with Gasteiger partial charge in [-0.2, -0.15) is 0 Å². The molecule has 0 saturated heterocycles. The van der Waals surface area contributed by atoms with Gasteiger partial charge in [0.05, 0.1) is 6.10 Å². The number of rotatable bonds is 6. The van der Waals surface area contributed by atoms with E-state index in [0.717, 1.165) is 0 Å². The maximum absolute atomic E-state index is 11.7. The number of hydrogen-bond acceptors (Lipinski definition) is 2. The summed E-state index contributed by atoms with van der Waals surface area (Å²) in [7, 11) is 0. The predicted molar refractivity (Wildman–Crippen MR) is 57.9 cm³/mol. The lowest BCUT2D eigenvalue weighted by Gasteiger charge is -2.11. The molecule has 5 heteroatoms. The molecular weight excluding hydrogens is 238 g/mol. The van der Waals surface area contributed by atoms with Crippen LogP contribution < -0.4 is 0 Å². The largest absolute Gasteiger partial charge is 0.388 e. The minimum atomic E-state index is -2.47. The van der Waals surface area contributed by atoms with Gasteiger partial charge in [0.2, 0.25) is 0 Å². The molecule has 0 aliphatic carbocycles. The first-order valence-corrected chi connectivity index (χ1v) is 5.27. The summed E-state index contributed by atoms with van der Waals surface area (Å²) in [4.78, 5) is 0. The first-order chi connectivity index (χ1) is 7.59. The molecule has 0 heterocycles. The fraction of sp³-hybridized carbons (Fsp3) is 0.455. The highest BCUT2D eigenvalue weighted by Crippen LogP contribution is 2.20. The molecule has 1 unspecified atom stereocenters. The molecule has 1 atom stereocenters. The Morgan fingerprint density at radius 3 is 2.75 bits per heavy atom. The van der Waals surface area contributed by atoms with E-state index >= 15 is 0 Å². The molecule has 0 aliphatic rings. The Hall–Kier alpha value is -0.710. The molecule has 16 heavy (non-hydrogen) atoms. The highest BCUT2D eigenvalue weighted by molar-refractivity contribution is 6.30. The van der Waals surface area contributed by atoms with Crippen molar-refractivity contribution in [2.24, 2.45) is 0 Å². The van der Waals surface area contributed by atoms with Crippen LogP contribution in [0.25, 0.3) is 0 Å². The van der Waals surface area contributed by atoms with Crippen molar-refractivity contribution < 1.29 is 18.6 Å². The van der Waals surface area contributed by atoms with Crippen LogP contribution in [0.2, 0.25) is 5.02 Å². The van der Waals surface area contributed by atoms with Gasteiger partial charge in [0.25, 0.3) is 6.43 Å². The van der Waals surface area contributed by atoms with Crippen LogP contribution in [0.5, 0.6) is 0 Å². The second kappa shape index (κ2) is 6.78. The van der Waals surface area contributed by atoms with Gasteiger partial charge in [-0.25, -0.2) is 8.78 Å². The fourth-order valence-electron chi connectivity index (χ4n) is 1.25. The van der Waals surface area contributed by atoms with Gasteiger partial charge in [-0.05, 0) is 17.7 Å². The first-order valence-electron chi connectivity index (χ1n) is 4.89. The molecule has 2 nitrogen and oxygen atoms in total. The van der Waals surface area contributed by atoms with Crippen LogP contribution in [0.15, 0.2) is 24.3 Å². The zero-order valence-electron chi connectivity index (χ0n) is 8.57. The first kappa shape index (κ1) is 13.4. The van der Waals surface area contributed by atoms with Crippen LogP contribution in [-0.4, -0.2) is 24.7 Å². The van der Waals surface area contributed by atoms with Gasteiger partial charge in [0.1, 0.15) is 6.61 Å². The lowest BCUT2D eigenvalue weighted by Crippen LogP contribution is -2.08. The van der Waals surface area contributed by atoms with Crippen LogP contribution in [0, 0.1) is 0 Å². The summed E-state index contributed by atoms with van der Waals surface area (Å²) in [6, 6.07) is 6.79. The summed E-state index contributed by atoms with van der Waals surface area (Å²) in [5.74, 6) is 0. The van der Waals surface area contributed by atoms with Crippen LogP contribution in [-0.2, 0) is 4.74 Å². The van der Waals surface area contributed by atoms with Crippen molar-refractivity contribution in [3.05, 3.63) is 34.9 Å². The molecule has 0 spiro atoms. The summed E-state index contributed by atoms with van der Waals surface area (Å²) in [5, 5.41) is 10.2. The van der Waals surface area contributed by atoms with E-state index in [1.807, 2.05) is 0 Å². The Bertz CT molecular complexity index is 321. The SMILES string of the molecule is OC(CCOCC(F)F)c1cccc(Cl)c1. The van der Waals surface area contributed by atoms with Crippen molar-refractivity contribution in [2.45, 2.75) is 19.0 Å². The normalized spacial score (nSPS) is 13.1. The summed E-state index contributed by atoms with van der Waals surface area (Å²) >= 11 is 5.75. The topological polar surface area (TPSA) is 29.5 Å². The van der Waals surface area contributed by atoms with Crippen LogP contribution in [0.3, 0.4) is 0 Å². The second-order valence-corrected chi connectivity index (χ2v) is 3.76. The van der Waals surface area contributed by atoms with Gasteiger partial charge in [0, 0.05) is 18.1 Å². The van der Waals surface area contributed by atoms with Crippen molar-refractivity contribution in [2.75, 3.05) is 13.2 Å². The zero-order valence-corrected chi connectivity index (χ0v) is 9.33. The van der Waals surface area contributed by atoms with Crippen LogP contribution in [0.4, 0.5) is 8.78 Å². The fourth-order valence-corrected chi connectivity index (χ4v) is 1.45. The maximum Gasteiger partial charge on any atom is 0.261 e. The Morgan fingerprint density at radius 2 is 2.12 bits per heavy atom. The van der Waals surface area contributed by atoms with Crippen LogP contribution >= 0.6 is 11.6 Å². The van der Waals surface area contributed by atoms with Gasteiger partial charge in [-0.3, -0.25) is 0 Å². The van der Waals surface area contributed by atoms with E-state index in [1.165, 1.54) is 0 Å². The van der Waals surface area contributed by atoms with Crippen molar-refractivity contribution in [1.82, 2.24) is 0 Å². The Balaban J connectivity index is 2.32. The van der Waals surface area contributed by atoms with Crippen molar-refractivity contribution in [3.8, 4) is 0 Å². The van der Waals surface area contributed by atoms with Gasteiger partial charge >= 0.3 is 0 Å². The van der Waals surface area contributed by atoms with E-state index in [-0.39, 0.29) is 13.0 Å². The lowest BCUT2D eigenvalue weighted by molar-refractivity contribution is 0.00481. The number of ether oxygens (including phenoxy) is 1. The third kappa shape index (κ3) is 4.88. The van der Waals surface area contributed by atoms with E-state index in [0.29, 0.717) is 10.6 Å². The van der Waals surface area contributed by atoms with Crippen molar-refractivity contribution >= 4 is 11.6 Å². The zero-order chi connectivity index (χ0) is 12.0. The van der Waals surface area contributed by atoms with Gasteiger partial charge in [-0.1, -0.05) is 23.7 Å². The summed E-state index contributed by atoms with van der Waals surface area (Å²) in [6.07, 6.45) is -2.94. The maximum atomic E-state index is 11.7. The van der Waals surface area contributed by atoms with E-state index < -0.39 is 19.1 Å². The van der Waals surface area contributed by atoms with Gasteiger partial charge < -0.3 is 9.84 Å². The number of benzene rings is 1. The van der Waals surface area contributed by atoms with Gasteiger partial charge in [-0.15, -0.1) is 0 Å². The third-order valence-corrected chi connectivity index (χ3v) is 2.25. The number of aliphatic hydroxyl groups is 1. The molecule has 0 amide bonds. The molecule has 90 valence electrons. The smallest absolute Gasteiger partial charge is 0.261 e. The quantitative estimate of drug-likeness (QED) is 0.787. The van der Waals surface area contributed by atoms with E-state index in [2.05, 4.69) is 4.74 Å². The number of halogens is 3. The Morgan fingerprint density at radius 1 is 1.38 bits per heavy atom. The molecule has 0 radical (unpaired) electrons. The standard InChI is InChI=1S/C11H13ClF2O2/c12-9-3-1-2-8(6-9)10(15)4-5-16-7-11(13)14/h1-3,6,10-11,15H,4-5,7H2. The minimum Gasteiger partial charge on any atom is -0.388 e. The Labute approximate surface area is 97.8 Å². The average molecular weight is 251 g/mol. The predicted octanol–water partition coefficient (Wildman–Crippen LogP) is 3.05. The lowest BCUT2D eigenvalue weighted by atomic mass is 10.1. The van der Waals surface area contributed by atoms with E-state index in [4.69, 9.17) is 11.6 Å². The monoisotopic (exact) mass is 250 g/mol. The highest BCUT2D eigenvalue weighted by atomic mass is 35.5. The average Bonchev–Trinajstić information content (AvgIpc) is 2.24. The molecule has 0 aliphatic heterocycles. The van der Waals surface area contributed by atoms with Crippen molar-refractivity contribution in [1.29, 1.82) is 0 Å². The molecule has 1 N–H and O–H groups in total. The van der Waals surface area contributed by atoms with E-state index in [9.17, 15) is 13.9 Å². The summed E-state index contributed by atoms with van der Waals surface area (Å²) in [6.45, 7) is -0.500.